The molecular formula is C16H21FN2. The summed E-state index contributed by atoms with van der Waals surface area (Å²) in [6.45, 7) is 3.03. The minimum atomic E-state index is -0.235. The van der Waals surface area contributed by atoms with Gasteiger partial charge in [0.15, 0.2) is 0 Å². The molecule has 102 valence electrons. The molecule has 1 aliphatic heterocycles. The van der Waals surface area contributed by atoms with Crippen molar-refractivity contribution in [2.24, 2.45) is 5.92 Å². The van der Waals surface area contributed by atoms with Crippen molar-refractivity contribution >= 4 is 5.84 Å². The van der Waals surface area contributed by atoms with Crippen LogP contribution in [0.3, 0.4) is 0 Å². The second kappa shape index (κ2) is 4.95. The summed E-state index contributed by atoms with van der Waals surface area (Å²) in [5.74, 6) is 0.981. The Kier molecular flexibility index (Phi) is 3.29. The first-order valence-corrected chi connectivity index (χ1v) is 7.34. The van der Waals surface area contributed by atoms with E-state index >= 15 is 0 Å². The molecule has 3 heteroatoms. The van der Waals surface area contributed by atoms with Crippen LogP contribution in [0.25, 0.3) is 0 Å². The first-order valence-electron chi connectivity index (χ1n) is 7.34. The van der Waals surface area contributed by atoms with Gasteiger partial charge < -0.3 is 4.90 Å². The maximum absolute atomic E-state index is 13.3. The van der Waals surface area contributed by atoms with Crippen LogP contribution in [0.4, 0.5) is 4.39 Å². The van der Waals surface area contributed by atoms with Gasteiger partial charge in [-0.2, -0.15) is 0 Å². The maximum atomic E-state index is 13.3. The highest BCUT2D eigenvalue weighted by Crippen LogP contribution is 2.35. The van der Waals surface area contributed by atoms with Crippen molar-refractivity contribution in [3.8, 4) is 0 Å². The predicted octanol–water partition coefficient (Wildman–Crippen LogP) is 3.94. The highest BCUT2D eigenvalue weighted by molar-refractivity contribution is 6.00. The van der Waals surface area contributed by atoms with Gasteiger partial charge in [-0.1, -0.05) is 32.3 Å². The Morgan fingerprint density at radius 2 is 2.11 bits per heavy atom. The summed E-state index contributed by atoms with van der Waals surface area (Å²) in [6, 6.07) is 5.33. The van der Waals surface area contributed by atoms with Gasteiger partial charge in [-0.05, 0) is 36.5 Å². The van der Waals surface area contributed by atoms with E-state index in [4.69, 9.17) is 5.41 Å². The van der Waals surface area contributed by atoms with Gasteiger partial charge in [0.05, 0.1) is 0 Å². The molecule has 1 saturated carbocycles. The standard InChI is InChI=1S/C16H21FN2/c1-2-11-5-3-4-6-15(11)19-10-12-7-8-13(17)9-14(12)16(19)18/h7-9,11,15,18H,2-6,10H2,1H3. The molecule has 1 heterocycles. The summed E-state index contributed by atoms with van der Waals surface area (Å²) in [5, 5.41) is 8.35. The van der Waals surface area contributed by atoms with Gasteiger partial charge in [0.25, 0.3) is 0 Å². The molecule has 1 aromatic rings. The topological polar surface area (TPSA) is 27.1 Å². The van der Waals surface area contributed by atoms with E-state index in [1.807, 2.05) is 6.07 Å². The zero-order chi connectivity index (χ0) is 13.4. The third-order valence-electron chi connectivity index (χ3n) is 4.75. The third-order valence-corrected chi connectivity index (χ3v) is 4.75. The molecule has 1 aromatic carbocycles. The van der Waals surface area contributed by atoms with E-state index < -0.39 is 0 Å². The highest BCUT2D eigenvalue weighted by atomic mass is 19.1. The number of nitrogens with one attached hydrogen (secondary N) is 1. The molecule has 2 nitrogen and oxygen atoms in total. The summed E-state index contributed by atoms with van der Waals surface area (Å²) < 4.78 is 13.3. The summed E-state index contributed by atoms with van der Waals surface area (Å²) in [4.78, 5) is 2.21. The fourth-order valence-corrected chi connectivity index (χ4v) is 3.68. The fraction of sp³-hybridized carbons (Fsp3) is 0.562. The Bertz CT molecular complexity index is 498. The van der Waals surface area contributed by atoms with Crippen molar-refractivity contribution < 1.29 is 4.39 Å². The molecule has 2 atom stereocenters. The predicted molar refractivity (Wildman–Crippen MR) is 74.8 cm³/mol. The SMILES string of the molecule is CCC1CCCCC1N1Cc2ccc(F)cc2C1=N. The second-order valence-corrected chi connectivity index (χ2v) is 5.80. The van der Waals surface area contributed by atoms with E-state index in [0.29, 0.717) is 17.8 Å². The van der Waals surface area contributed by atoms with Crippen molar-refractivity contribution in [1.29, 1.82) is 5.41 Å². The number of hydrogen-bond acceptors (Lipinski definition) is 1. The van der Waals surface area contributed by atoms with Crippen LogP contribution in [0.2, 0.25) is 0 Å². The van der Waals surface area contributed by atoms with Gasteiger partial charge in [0, 0.05) is 18.2 Å². The number of benzene rings is 1. The van der Waals surface area contributed by atoms with Crippen LogP contribution in [0, 0.1) is 17.1 Å². The largest absolute Gasteiger partial charge is 0.349 e. The minimum Gasteiger partial charge on any atom is -0.349 e. The Morgan fingerprint density at radius 1 is 1.32 bits per heavy atom. The lowest BCUT2D eigenvalue weighted by Crippen LogP contribution is -2.42. The lowest BCUT2D eigenvalue weighted by Gasteiger charge is -2.38. The van der Waals surface area contributed by atoms with Crippen molar-refractivity contribution in [1.82, 2.24) is 4.90 Å². The molecule has 1 N–H and O–H groups in total. The zero-order valence-electron chi connectivity index (χ0n) is 11.5. The molecule has 2 aliphatic rings. The third kappa shape index (κ3) is 2.15. The average Bonchev–Trinajstić information content (AvgIpc) is 2.76. The monoisotopic (exact) mass is 260 g/mol. The van der Waals surface area contributed by atoms with Crippen LogP contribution in [0.15, 0.2) is 18.2 Å². The molecule has 0 saturated heterocycles. The Labute approximate surface area is 114 Å². The van der Waals surface area contributed by atoms with Crippen LogP contribution in [-0.4, -0.2) is 16.8 Å². The van der Waals surface area contributed by atoms with Gasteiger partial charge in [-0.25, -0.2) is 4.39 Å². The number of nitrogens with zero attached hydrogens (tertiary/aromatic N) is 1. The molecule has 0 radical (unpaired) electrons. The Balaban J connectivity index is 1.86. The van der Waals surface area contributed by atoms with E-state index in [0.717, 1.165) is 17.7 Å². The smallest absolute Gasteiger partial charge is 0.129 e. The van der Waals surface area contributed by atoms with Gasteiger partial charge in [-0.3, -0.25) is 5.41 Å². The van der Waals surface area contributed by atoms with E-state index in [-0.39, 0.29) is 5.82 Å². The molecule has 3 rings (SSSR count). The van der Waals surface area contributed by atoms with Crippen molar-refractivity contribution in [3.63, 3.8) is 0 Å². The molecule has 19 heavy (non-hydrogen) atoms. The van der Waals surface area contributed by atoms with Crippen molar-refractivity contribution in [2.75, 3.05) is 0 Å². The van der Waals surface area contributed by atoms with Crippen LogP contribution in [0.1, 0.15) is 50.2 Å². The number of hydrogen-bond donors (Lipinski definition) is 1. The molecule has 2 unspecified atom stereocenters. The van der Waals surface area contributed by atoms with Gasteiger partial charge >= 0.3 is 0 Å². The minimum absolute atomic E-state index is 0.235. The van der Waals surface area contributed by atoms with Gasteiger partial charge in [0.1, 0.15) is 11.7 Å². The average molecular weight is 260 g/mol. The maximum Gasteiger partial charge on any atom is 0.129 e. The zero-order valence-corrected chi connectivity index (χ0v) is 11.5. The summed E-state index contributed by atoms with van der Waals surface area (Å²) >= 11 is 0. The number of halogens is 1. The Morgan fingerprint density at radius 3 is 2.89 bits per heavy atom. The second-order valence-electron chi connectivity index (χ2n) is 5.80. The van der Waals surface area contributed by atoms with E-state index in [9.17, 15) is 4.39 Å². The summed E-state index contributed by atoms with van der Waals surface area (Å²) in [6.07, 6.45) is 6.21. The lowest BCUT2D eigenvalue weighted by molar-refractivity contribution is 0.164. The molecule has 1 fully saturated rings. The van der Waals surface area contributed by atoms with Crippen LogP contribution >= 0.6 is 0 Å². The Hall–Kier alpha value is -1.38. The molecule has 0 aromatic heterocycles. The molecule has 1 aliphatic carbocycles. The number of rotatable bonds is 2. The van der Waals surface area contributed by atoms with E-state index in [2.05, 4.69) is 11.8 Å². The fourth-order valence-electron chi connectivity index (χ4n) is 3.68. The first-order chi connectivity index (χ1) is 9.20. The van der Waals surface area contributed by atoms with Crippen LogP contribution < -0.4 is 0 Å². The normalized spacial score (nSPS) is 26.6. The summed E-state index contributed by atoms with van der Waals surface area (Å²) in [5.41, 5.74) is 1.90. The lowest BCUT2D eigenvalue weighted by atomic mass is 9.82. The number of amidine groups is 1. The van der Waals surface area contributed by atoms with Crippen LogP contribution in [0.5, 0.6) is 0 Å². The number of fused-ring (bicyclic) bond motifs is 1. The van der Waals surface area contributed by atoms with Gasteiger partial charge in [0.2, 0.25) is 0 Å². The molecule has 0 spiro atoms. The first kappa shape index (κ1) is 12.6. The van der Waals surface area contributed by atoms with Crippen molar-refractivity contribution in [2.45, 2.75) is 51.6 Å². The molecule has 0 bridgehead atoms. The van der Waals surface area contributed by atoms with E-state index in [1.165, 1.54) is 44.2 Å². The van der Waals surface area contributed by atoms with Gasteiger partial charge in [-0.15, -0.1) is 0 Å². The summed E-state index contributed by atoms with van der Waals surface area (Å²) in [7, 11) is 0. The van der Waals surface area contributed by atoms with Crippen molar-refractivity contribution in [3.05, 3.63) is 35.1 Å². The molecule has 0 amide bonds. The molecular weight excluding hydrogens is 239 g/mol. The quantitative estimate of drug-likeness (QED) is 0.857. The van der Waals surface area contributed by atoms with Crippen LogP contribution in [-0.2, 0) is 6.54 Å². The van der Waals surface area contributed by atoms with E-state index in [1.54, 1.807) is 0 Å². The highest BCUT2D eigenvalue weighted by Gasteiger charge is 2.35.